The molecular weight excluding hydrogens is 164 g/mol. The molecule has 0 spiro atoms. The number of aliphatic hydroxyl groups is 1. The summed E-state index contributed by atoms with van der Waals surface area (Å²) in [5.41, 5.74) is 0.542. The summed E-state index contributed by atoms with van der Waals surface area (Å²) in [5.74, 6) is 0.255. The molecule has 0 amide bonds. The lowest BCUT2D eigenvalue weighted by Crippen LogP contribution is -2.00. The second-order valence-corrected chi connectivity index (χ2v) is 3.97. The van der Waals surface area contributed by atoms with E-state index < -0.39 is 0 Å². The number of Topliss-reactive ketones (excluding diaryl/α,β-unsaturated/α-hetero) is 1. The Morgan fingerprint density at radius 3 is 1.31 bits per heavy atom. The van der Waals surface area contributed by atoms with E-state index in [1.807, 2.05) is 6.92 Å². The van der Waals surface area contributed by atoms with E-state index in [4.69, 9.17) is 5.11 Å². The van der Waals surface area contributed by atoms with Crippen molar-refractivity contribution in [2.75, 3.05) is 7.11 Å². The molecule has 0 heterocycles. The Bertz CT molecular complexity index is 101. The summed E-state index contributed by atoms with van der Waals surface area (Å²) in [6.45, 7) is 12.4. The average molecular weight is 190 g/mol. The number of rotatable bonds is 1. The summed E-state index contributed by atoms with van der Waals surface area (Å²) >= 11 is 0. The van der Waals surface area contributed by atoms with Gasteiger partial charge in [0.2, 0.25) is 0 Å². The van der Waals surface area contributed by atoms with Crippen LogP contribution in [0, 0.1) is 5.41 Å². The molecule has 0 aromatic carbocycles. The first-order chi connectivity index (χ1) is 5.83. The van der Waals surface area contributed by atoms with Crippen molar-refractivity contribution in [2.45, 2.75) is 54.4 Å². The molecule has 0 aliphatic carbocycles. The molecule has 0 aromatic rings. The van der Waals surface area contributed by atoms with Crippen LogP contribution < -0.4 is 0 Å². The zero-order chi connectivity index (χ0) is 11.5. The van der Waals surface area contributed by atoms with Crippen molar-refractivity contribution in [2.24, 2.45) is 5.41 Å². The van der Waals surface area contributed by atoms with Crippen LogP contribution in [-0.4, -0.2) is 18.0 Å². The molecule has 0 saturated heterocycles. The van der Waals surface area contributed by atoms with Crippen LogP contribution >= 0.6 is 0 Å². The Balaban J connectivity index is -0.000000131. The molecule has 1 N–H and O–H groups in total. The minimum absolute atomic E-state index is 0.255. The fourth-order valence-corrected chi connectivity index (χ4v) is 0. The molecule has 2 heteroatoms. The van der Waals surface area contributed by atoms with Gasteiger partial charge >= 0.3 is 0 Å². The smallest absolute Gasteiger partial charge is 0.129 e. The summed E-state index contributed by atoms with van der Waals surface area (Å²) in [6.07, 6.45) is 1.94. The summed E-state index contributed by atoms with van der Waals surface area (Å²) in [7, 11) is 1.00. The maximum absolute atomic E-state index is 9.81. The van der Waals surface area contributed by atoms with Gasteiger partial charge in [0, 0.05) is 13.5 Å². The predicted octanol–water partition coefficient (Wildman–Crippen LogP) is 3.04. The van der Waals surface area contributed by atoms with E-state index in [0.29, 0.717) is 11.8 Å². The second-order valence-electron chi connectivity index (χ2n) is 3.97. The molecular formula is C11H26O2. The number of carbonyl (C=O) groups excluding carboxylic acids is 1. The van der Waals surface area contributed by atoms with Crippen molar-refractivity contribution in [1.82, 2.24) is 0 Å². The zero-order valence-electron chi connectivity index (χ0n) is 10.3. The highest BCUT2D eigenvalue weighted by Gasteiger charge is 2.03. The molecule has 0 unspecified atom stereocenters. The molecule has 13 heavy (non-hydrogen) atoms. The van der Waals surface area contributed by atoms with Crippen LogP contribution in [0.15, 0.2) is 0 Å². The molecule has 0 fully saturated rings. The van der Waals surface area contributed by atoms with E-state index in [-0.39, 0.29) is 5.78 Å². The van der Waals surface area contributed by atoms with Crippen LogP contribution in [0.1, 0.15) is 54.4 Å². The Kier molecular flexibility index (Phi) is 16.5. The third kappa shape index (κ3) is 50.3. The van der Waals surface area contributed by atoms with Gasteiger partial charge in [0.25, 0.3) is 0 Å². The number of aliphatic hydroxyl groups excluding tert-OH is 1. The van der Waals surface area contributed by atoms with Crippen LogP contribution in [-0.2, 0) is 4.79 Å². The fourth-order valence-electron chi connectivity index (χ4n) is 0. The lowest BCUT2D eigenvalue weighted by atomic mass is 9.94. The van der Waals surface area contributed by atoms with Gasteiger partial charge in [0.1, 0.15) is 5.78 Å². The SMILES string of the molecule is CCC(C)(C)C.CCC(C)=O.CO. The molecule has 0 bridgehead atoms. The first-order valence-electron chi connectivity index (χ1n) is 4.77. The van der Waals surface area contributed by atoms with Gasteiger partial charge in [-0.3, -0.25) is 0 Å². The van der Waals surface area contributed by atoms with E-state index >= 15 is 0 Å². The quantitative estimate of drug-likeness (QED) is 0.690. The first kappa shape index (κ1) is 18.4. The second kappa shape index (κ2) is 11.6. The van der Waals surface area contributed by atoms with Crippen molar-refractivity contribution < 1.29 is 9.90 Å². The topological polar surface area (TPSA) is 37.3 Å². The lowest BCUT2D eigenvalue weighted by molar-refractivity contribution is -0.116. The van der Waals surface area contributed by atoms with Gasteiger partial charge < -0.3 is 9.90 Å². The summed E-state index contributed by atoms with van der Waals surface area (Å²) in [4.78, 5) is 9.81. The van der Waals surface area contributed by atoms with Crippen molar-refractivity contribution in [3.05, 3.63) is 0 Å². The summed E-state index contributed by atoms with van der Waals surface area (Å²) < 4.78 is 0. The van der Waals surface area contributed by atoms with Crippen molar-refractivity contribution in [1.29, 1.82) is 0 Å². The van der Waals surface area contributed by atoms with Gasteiger partial charge in [-0.1, -0.05) is 41.0 Å². The largest absolute Gasteiger partial charge is 0.400 e. The predicted molar refractivity (Wildman–Crippen MR) is 58.9 cm³/mol. The maximum atomic E-state index is 9.81. The Morgan fingerprint density at radius 2 is 1.31 bits per heavy atom. The van der Waals surface area contributed by atoms with Gasteiger partial charge in [0.15, 0.2) is 0 Å². The van der Waals surface area contributed by atoms with Crippen LogP contribution in [0.2, 0.25) is 0 Å². The molecule has 0 aliphatic heterocycles. The van der Waals surface area contributed by atoms with Gasteiger partial charge in [-0.05, 0) is 12.3 Å². The third-order valence-corrected chi connectivity index (χ3v) is 1.56. The number of carbonyl (C=O) groups is 1. The van der Waals surface area contributed by atoms with Gasteiger partial charge in [-0.2, -0.15) is 0 Å². The molecule has 0 radical (unpaired) electrons. The van der Waals surface area contributed by atoms with Crippen molar-refractivity contribution >= 4 is 5.78 Å². The van der Waals surface area contributed by atoms with Crippen molar-refractivity contribution in [3.8, 4) is 0 Å². The highest BCUT2D eigenvalue weighted by molar-refractivity contribution is 5.74. The maximum Gasteiger partial charge on any atom is 0.129 e. The lowest BCUT2D eigenvalue weighted by Gasteiger charge is -2.12. The number of hydrogen-bond acceptors (Lipinski definition) is 2. The fraction of sp³-hybridized carbons (Fsp3) is 0.909. The molecule has 0 atom stereocenters. The summed E-state index contributed by atoms with van der Waals surface area (Å²) in [5, 5.41) is 7.00. The van der Waals surface area contributed by atoms with Gasteiger partial charge in [-0.15, -0.1) is 0 Å². The van der Waals surface area contributed by atoms with Crippen LogP contribution in [0.25, 0.3) is 0 Å². The van der Waals surface area contributed by atoms with Gasteiger partial charge in [-0.25, -0.2) is 0 Å². The van der Waals surface area contributed by atoms with Crippen LogP contribution in [0.4, 0.5) is 0 Å². The number of ketones is 1. The monoisotopic (exact) mass is 190 g/mol. The third-order valence-electron chi connectivity index (χ3n) is 1.56. The molecule has 0 saturated carbocycles. The molecule has 0 aliphatic rings. The standard InChI is InChI=1S/C6H14.C4H8O.CH4O/c1-5-6(2,3)4;1-3-4(2)5;1-2/h5H2,1-4H3;3H2,1-2H3;2H,1H3. The van der Waals surface area contributed by atoms with E-state index in [1.54, 1.807) is 6.92 Å². The Labute approximate surface area is 83.4 Å². The molecule has 82 valence electrons. The summed E-state index contributed by atoms with van der Waals surface area (Å²) in [6, 6.07) is 0. The molecule has 0 rings (SSSR count). The highest BCUT2D eigenvalue weighted by atomic mass is 16.2. The Hall–Kier alpha value is -0.370. The van der Waals surface area contributed by atoms with Gasteiger partial charge in [0.05, 0.1) is 0 Å². The van der Waals surface area contributed by atoms with E-state index in [1.165, 1.54) is 6.42 Å². The van der Waals surface area contributed by atoms with E-state index in [9.17, 15) is 4.79 Å². The van der Waals surface area contributed by atoms with Crippen molar-refractivity contribution in [3.63, 3.8) is 0 Å². The zero-order valence-corrected chi connectivity index (χ0v) is 10.3. The Morgan fingerprint density at radius 1 is 1.15 bits per heavy atom. The van der Waals surface area contributed by atoms with Crippen LogP contribution in [0.5, 0.6) is 0 Å². The highest BCUT2D eigenvalue weighted by Crippen LogP contribution is 2.16. The van der Waals surface area contributed by atoms with E-state index in [2.05, 4.69) is 27.7 Å². The van der Waals surface area contributed by atoms with E-state index in [0.717, 1.165) is 7.11 Å². The molecule has 2 nitrogen and oxygen atoms in total. The minimum Gasteiger partial charge on any atom is -0.400 e. The van der Waals surface area contributed by atoms with Crippen LogP contribution in [0.3, 0.4) is 0 Å². The number of hydrogen-bond donors (Lipinski definition) is 1. The first-order valence-corrected chi connectivity index (χ1v) is 4.77. The normalized spacial score (nSPS) is 8.92. The molecule has 0 aromatic heterocycles. The average Bonchev–Trinajstić information content (AvgIpc) is 2.08. The minimum atomic E-state index is 0.255.